The van der Waals surface area contributed by atoms with E-state index in [2.05, 4.69) is 5.32 Å². The first-order valence-corrected chi connectivity index (χ1v) is 9.40. The smallest absolute Gasteiger partial charge is 0.306 e. The van der Waals surface area contributed by atoms with Crippen molar-refractivity contribution in [3.63, 3.8) is 0 Å². The third-order valence-corrected chi connectivity index (χ3v) is 4.92. The highest BCUT2D eigenvalue weighted by Crippen LogP contribution is 2.30. The number of aryl methyl sites for hydroxylation is 3. The molecule has 8 heteroatoms. The third kappa shape index (κ3) is 5.73. The van der Waals surface area contributed by atoms with Gasteiger partial charge in [0, 0.05) is 18.1 Å². The summed E-state index contributed by atoms with van der Waals surface area (Å²) in [6.45, 7) is 6.67. The highest BCUT2D eigenvalue weighted by molar-refractivity contribution is 5.98. The Morgan fingerprint density at radius 3 is 2.27 bits per heavy atom. The number of Topliss-reactive ketones (excluding diaryl/α,β-unsaturated/α-hetero) is 1. The number of carbonyl (C=O) groups excluding carboxylic acids is 3. The van der Waals surface area contributed by atoms with Crippen LogP contribution in [0.3, 0.4) is 0 Å². The van der Waals surface area contributed by atoms with Crippen LogP contribution < -0.4 is 5.32 Å². The lowest BCUT2D eigenvalue weighted by molar-refractivity contribution is -0.384. The fraction of sp³-hybridized carbons (Fsp3) is 0.318. The third-order valence-electron chi connectivity index (χ3n) is 4.92. The minimum atomic E-state index is -0.696. The zero-order valence-corrected chi connectivity index (χ0v) is 17.4. The van der Waals surface area contributed by atoms with Crippen molar-refractivity contribution in [3.8, 4) is 0 Å². The van der Waals surface area contributed by atoms with E-state index in [0.29, 0.717) is 11.1 Å². The van der Waals surface area contributed by atoms with Crippen LogP contribution in [0.1, 0.15) is 45.5 Å². The number of anilines is 1. The van der Waals surface area contributed by atoms with Gasteiger partial charge < -0.3 is 10.1 Å². The van der Waals surface area contributed by atoms with Crippen LogP contribution >= 0.6 is 0 Å². The number of ether oxygens (including phenoxy) is 1. The molecule has 2 aromatic carbocycles. The lowest BCUT2D eigenvalue weighted by Crippen LogP contribution is -2.22. The van der Waals surface area contributed by atoms with Crippen LogP contribution in [0.5, 0.6) is 0 Å². The number of hydrogen-bond acceptors (Lipinski definition) is 6. The fourth-order valence-electron chi connectivity index (χ4n) is 2.78. The van der Waals surface area contributed by atoms with Crippen molar-refractivity contribution in [2.24, 2.45) is 0 Å². The number of amides is 1. The average Bonchev–Trinajstić information content (AvgIpc) is 2.69. The number of nitro groups is 1. The van der Waals surface area contributed by atoms with Gasteiger partial charge in [-0.1, -0.05) is 18.2 Å². The van der Waals surface area contributed by atoms with E-state index in [0.717, 1.165) is 16.7 Å². The van der Waals surface area contributed by atoms with Crippen LogP contribution in [0.2, 0.25) is 0 Å². The van der Waals surface area contributed by atoms with E-state index in [4.69, 9.17) is 4.74 Å². The lowest BCUT2D eigenvalue weighted by atomic mass is 10.0. The minimum Gasteiger partial charge on any atom is -0.456 e. The summed E-state index contributed by atoms with van der Waals surface area (Å²) >= 11 is 0. The summed E-state index contributed by atoms with van der Waals surface area (Å²) in [7, 11) is 0. The molecule has 0 atom stereocenters. The average molecular weight is 412 g/mol. The van der Waals surface area contributed by atoms with Crippen LogP contribution in [0.25, 0.3) is 0 Å². The maximum absolute atomic E-state index is 12.2. The summed E-state index contributed by atoms with van der Waals surface area (Å²) in [5.74, 6) is -1.58. The van der Waals surface area contributed by atoms with Crippen LogP contribution in [0, 0.1) is 37.8 Å². The SMILES string of the molecule is Cc1ccc(C(=O)CCC(=O)OCC(=O)Nc2c([N+](=O)[O-])ccc(C)c2C)cc1C. The van der Waals surface area contributed by atoms with Gasteiger partial charge >= 0.3 is 5.97 Å². The first-order chi connectivity index (χ1) is 14.1. The van der Waals surface area contributed by atoms with E-state index < -0.39 is 23.4 Å². The van der Waals surface area contributed by atoms with Crippen LogP contribution in [0.15, 0.2) is 30.3 Å². The highest BCUT2D eigenvalue weighted by atomic mass is 16.6. The van der Waals surface area contributed by atoms with Crippen molar-refractivity contribution in [1.82, 2.24) is 0 Å². The quantitative estimate of drug-likeness (QED) is 0.303. The summed E-state index contributed by atoms with van der Waals surface area (Å²) in [4.78, 5) is 46.8. The number of nitrogens with one attached hydrogen (secondary N) is 1. The molecule has 2 rings (SSSR count). The Bertz CT molecular complexity index is 1010. The molecule has 0 bridgehead atoms. The van der Waals surface area contributed by atoms with Gasteiger partial charge in [0.15, 0.2) is 12.4 Å². The molecule has 30 heavy (non-hydrogen) atoms. The molecule has 1 amide bonds. The Labute approximate surface area is 174 Å². The molecular formula is C22H24N2O6. The zero-order chi connectivity index (χ0) is 22.4. The van der Waals surface area contributed by atoms with Crippen molar-refractivity contribution in [2.75, 3.05) is 11.9 Å². The molecule has 0 aliphatic carbocycles. The Morgan fingerprint density at radius 1 is 0.967 bits per heavy atom. The van der Waals surface area contributed by atoms with Crippen LogP contribution in [-0.4, -0.2) is 29.2 Å². The summed E-state index contributed by atoms with van der Waals surface area (Å²) in [6, 6.07) is 8.23. The van der Waals surface area contributed by atoms with Gasteiger partial charge in [0.05, 0.1) is 11.3 Å². The van der Waals surface area contributed by atoms with Gasteiger partial charge in [-0.05, 0) is 56.0 Å². The van der Waals surface area contributed by atoms with Gasteiger partial charge in [-0.15, -0.1) is 0 Å². The van der Waals surface area contributed by atoms with Crippen molar-refractivity contribution in [2.45, 2.75) is 40.5 Å². The molecule has 0 saturated carbocycles. The first kappa shape index (κ1) is 22.7. The molecule has 1 N–H and O–H groups in total. The Morgan fingerprint density at radius 2 is 1.63 bits per heavy atom. The molecule has 0 spiro atoms. The number of nitrogens with zero attached hydrogens (tertiary/aromatic N) is 1. The Hall–Kier alpha value is -3.55. The molecule has 0 aliphatic rings. The van der Waals surface area contributed by atoms with Gasteiger partial charge in [0.2, 0.25) is 0 Å². The molecule has 2 aromatic rings. The highest BCUT2D eigenvalue weighted by Gasteiger charge is 2.20. The molecule has 0 fully saturated rings. The molecule has 8 nitrogen and oxygen atoms in total. The summed E-state index contributed by atoms with van der Waals surface area (Å²) in [5, 5.41) is 13.6. The normalized spacial score (nSPS) is 10.4. The standard InChI is InChI=1S/C22H24N2O6/c1-13-5-7-17(11-15(13)3)19(25)9-10-21(27)30-12-20(26)23-22-16(4)14(2)6-8-18(22)24(28)29/h5-8,11H,9-10,12H2,1-4H3,(H,23,26). The number of benzene rings is 2. The first-order valence-electron chi connectivity index (χ1n) is 9.40. The van der Waals surface area contributed by atoms with Gasteiger partial charge in [-0.3, -0.25) is 24.5 Å². The number of ketones is 1. The zero-order valence-electron chi connectivity index (χ0n) is 17.4. The maximum atomic E-state index is 12.2. The fourth-order valence-corrected chi connectivity index (χ4v) is 2.78. The molecule has 0 radical (unpaired) electrons. The monoisotopic (exact) mass is 412 g/mol. The van der Waals surface area contributed by atoms with Crippen molar-refractivity contribution in [3.05, 3.63) is 68.3 Å². The topological polar surface area (TPSA) is 116 Å². The number of esters is 1. The number of carbonyl (C=O) groups is 3. The predicted molar refractivity (Wildman–Crippen MR) is 112 cm³/mol. The predicted octanol–water partition coefficient (Wildman–Crippen LogP) is 3.97. The van der Waals surface area contributed by atoms with Gasteiger partial charge in [-0.2, -0.15) is 0 Å². The minimum absolute atomic E-state index is 0.0363. The van der Waals surface area contributed by atoms with E-state index in [9.17, 15) is 24.5 Å². The van der Waals surface area contributed by atoms with E-state index in [1.54, 1.807) is 32.0 Å². The van der Waals surface area contributed by atoms with E-state index in [-0.39, 0.29) is 30.0 Å². The molecule has 158 valence electrons. The van der Waals surface area contributed by atoms with Crippen molar-refractivity contribution >= 4 is 29.0 Å². The van der Waals surface area contributed by atoms with Crippen LogP contribution in [0.4, 0.5) is 11.4 Å². The Kier molecular flexibility index (Phi) is 7.41. The molecule has 0 heterocycles. The molecule has 0 aliphatic heterocycles. The molecule has 0 saturated heterocycles. The van der Waals surface area contributed by atoms with E-state index in [1.165, 1.54) is 6.07 Å². The van der Waals surface area contributed by atoms with Gasteiger partial charge in [0.25, 0.3) is 11.6 Å². The second-order valence-corrected chi connectivity index (χ2v) is 7.09. The summed E-state index contributed by atoms with van der Waals surface area (Å²) < 4.78 is 4.90. The Balaban J connectivity index is 1.89. The number of hydrogen-bond donors (Lipinski definition) is 1. The number of rotatable bonds is 8. The largest absolute Gasteiger partial charge is 0.456 e. The second-order valence-electron chi connectivity index (χ2n) is 7.09. The second kappa shape index (κ2) is 9.78. The number of nitro benzene ring substituents is 1. The molecular weight excluding hydrogens is 388 g/mol. The lowest BCUT2D eigenvalue weighted by Gasteiger charge is -2.11. The van der Waals surface area contributed by atoms with Gasteiger partial charge in [-0.25, -0.2) is 0 Å². The summed E-state index contributed by atoms with van der Waals surface area (Å²) in [6.07, 6.45) is -0.200. The van der Waals surface area contributed by atoms with E-state index in [1.807, 2.05) is 19.9 Å². The van der Waals surface area contributed by atoms with Crippen molar-refractivity contribution in [1.29, 1.82) is 0 Å². The maximum Gasteiger partial charge on any atom is 0.306 e. The molecule has 0 unspecified atom stereocenters. The molecule has 0 aromatic heterocycles. The van der Waals surface area contributed by atoms with E-state index >= 15 is 0 Å². The van der Waals surface area contributed by atoms with Crippen LogP contribution in [-0.2, 0) is 14.3 Å². The summed E-state index contributed by atoms with van der Waals surface area (Å²) in [5.41, 5.74) is 3.75. The van der Waals surface area contributed by atoms with Crippen molar-refractivity contribution < 1.29 is 24.0 Å². The van der Waals surface area contributed by atoms with Gasteiger partial charge in [0.1, 0.15) is 5.69 Å².